The lowest BCUT2D eigenvalue weighted by atomic mass is 10.2. The highest BCUT2D eigenvalue weighted by atomic mass is 35.5. The number of aromatic carboxylic acids is 1. The number of hydrogen-bond donors (Lipinski definition) is 2. The van der Waals surface area contributed by atoms with Crippen LogP contribution in [0.25, 0.3) is 0 Å². The van der Waals surface area contributed by atoms with Gasteiger partial charge in [0.05, 0.1) is 10.6 Å². The quantitative estimate of drug-likeness (QED) is 0.799. The number of benzene rings is 1. The molecule has 0 heterocycles. The van der Waals surface area contributed by atoms with Crippen molar-refractivity contribution >= 4 is 23.3 Å². The van der Waals surface area contributed by atoms with Crippen LogP contribution in [0.5, 0.6) is 0 Å². The summed E-state index contributed by atoms with van der Waals surface area (Å²) in [4.78, 5) is 10.7. The Hall–Kier alpha value is -2.50. The molecule has 0 spiro atoms. The van der Waals surface area contributed by atoms with Crippen LogP contribution in [-0.2, 0) is 0 Å². The van der Waals surface area contributed by atoms with E-state index in [-0.39, 0.29) is 16.2 Å². The van der Waals surface area contributed by atoms with E-state index in [2.05, 4.69) is 5.32 Å². The summed E-state index contributed by atoms with van der Waals surface area (Å²) >= 11 is 5.74. The van der Waals surface area contributed by atoms with Crippen molar-refractivity contribution in [3.63, 3.8) is 0 Å². The van der Waals surface area contributed by atoms with Crippen LogP contribution in [0.15, 0.2) is 30.0 Å². The topological polar surface area (TPSA) is 96.9 Å². The van der Waals surface area contributed by atoms with Gasteiger partial charge in [-0.25, -0.2) is 4.79 Å². The van der Waals surface area contributed by atoms with Gasteiger partial charge in [0.15, 0.2) is 0 Å². The molecule has 1 rings (SSSR count). The lowest BCUT2D eigenvalue weighted by Crippen LogP contribution is -1.98. The molecule has 0 fully saturated rings. The van der Waals surface area contributed by atoms with Crippen LogP contribution in [0, 0.1) is 22.7 Å². The molecule has 0 amide bonds. The Kier molecular flexibility index (Phi) is 4.10. The van der Waals surface area contributed by atoms with Gasteiger partial charge >= 0.3 is 5.97 Å². The van der Waals surface area contributed by atoms with E-state index < -0.39 is 5.97 Å². The molecule has 17 heavy (non-hydrogen) atoms. The van der Waals surface area contributed by atoms with E-state index in [9.17, 15) is 4.79 Å². The first-order chi connectivity index (χ1) is 8.08. The molecular formula is C11H6ClN3O2. The van der Waals surface area contributed by atoms with Crippen LogP contribution < -0.4 is 5.32 Å². The number of carboxylic acids is 1. The molecule has 0 aliphatic rings. The molecule has 0 atom stereocenters. The van der Waals surface area contributed by atoms with Crippen LogP contribution in [0.1, 0.15) is 10.4 Å². The zero-order valence-electron chi connectivity index (χ0n) is 8.44. The maximum Gasteiger partial charge on any atom is 0.337 e. The molecule has 0 saturated carbocycles. The molecule has 0 saturated heterocycles. The van der Waals surface area contributed by atoms with Crippen LogP contribution in [-0.4, -0.2) is 11.1 Å². The summed E-state index contributed by atoms with van der Waals surface area (Å²) in [6.45, 7) is 0. The van der Waals surface area contributed by atoms with Gasteiger partial charge in [-0.15, -0.1) is 0 Å². The number of hydrogen-bond acceptors (Lipinski definition) is 4. The molecule has 0 aromatic heterocycles. The smallest absolute Gasteiger partial charge is 0.337 e. The number of nitrogens with zero attached hydrogens (tertiary/aromatic N) is 2. The highest BCUT2D eigenvalue weighted by Gasteiger charge is 2.08. The summed E-state index contributed by atoms with van der Waals surface area (Å²) in [6.07, 6.45) is 1.21. The monoisotopic (exact) mass is 247 g/mol. The second kappa shape index (κ2) is 5.55. The van der Waals surface area contributed by atoms with Crippen LogP contribution in [0.3, 0.4) is 0 Å². The van der Waals surface area contributed by atoms with Crippen molar-refractivity contribution in [2.24, 2.45) is 0 Å². The molecule has 6 heteroatoms. The number of anilines is 1. The molecular weight excluding hydrogens is 242 g/mol. The van der Waals surface area contributed by atoms with Crippen molar-refractivity contribution < 1.29 is 9.90 Å². The predicted molar refractivity (Wildman–Crippen MR) is 61.3 cm³/mol. The van der Waals surface area contributed by atoms with E-state index in [1.165, 1.54) is 24.4 Å². The average Bonchev–Trinajstić information content (AvgIpc) is 2.30. The number of carboxylic acid groups (broad SMARTS) is 1. The van der Waals surface area contributed by atoms with E-state index in [0.29, 0.717) is 5.69 Å². The zero-order valence-corrected chi connectivity index (χ0v) is 9.19. The Morgan fingerprint density at radius 2 is 2.06 bits per heavy atom. The lowest BCUT2D eigenvalue weighted by molar-refractivity contribution is 0.0697. The fourth-order valence-corrected chi connectivity index (χ4v) is 1.28. The molecule has 2 N–H and O–H groups in total. The molecule has 0 bridgehead atoms. The van der Waals surface area contributed by atoms with Crippen molar-refractivity contribution in [1.82, 2.24) is 0 Å². The third kappa shape index (κ3) is 3.23. The number of nitrogens with one attached hydrogen (secondary N) is 1. The molecule has 0 unspecified atom stereocenters. The third-order valence-corrected chi connectivity index (χ3v) is 2.14. The summed E-state index contributed by atoms with van der Waals surface area (Å²) < 4.78 is 0. The van der Waals surface area contributed by atoms with Crippen molar-refractivity contribution in [3.8, 4) is 12.1 Å². The maximum atomic E-state index is 10.7. The fourth-order valence-electron chi connectivity index (χ4n) is 1.02. The van der Waals surface area contributed by atoms with E-state index >= 15 is 0 Å². The molecule has 0 radical (unpaired) electrons. The minimum Gasteiger partial charge on any atom is -0.478 e. The average molecular weight is 248 g/mol. The Balaban J connectivity index is 2.94. The summed E-state index contributed by atoms with van der Waals surface area (Å²) in [5, 5.41) is 28.5. The van der Waals surface area contributed by atoms with E-state index in [4.69, 9.17) is 27.2 Å². The van der Waals surface area contributed by atoms with Crippen LogP contribution in [0.4, 0.5) is 5.69 Å². The Morgan fingerprint density at radius 1 is 1.41 bits per heavy atom. The predicted octanol–water partition coefficient (Wildman–Crippen LogP) is 2.38. The van der Waals surface area contributed by atoms with Gasteiger partial charge < -0.3 is 10.4 Å². The van der Waals surface area contributed by atoms with Crippen LogP contribution >= 0.6 is 11.6 Å². The number of carbonyl (C=O) groups is 1. The van der Waals surface area contributed by atoms with Crippen molar-refractivity contribution in [2.75, 3.05) is 5.32 Å². The van der Waals surface area contributed by atoms with Gasteiger partial charge in [-0.3, -0.25) is 0 Å². The summed E-state index contributed by atoms with van der Waals surface area (Å²) in [5.41, 5.74) is 0.383. The lowest BCUT2D eigenvalue weighted by Gasteiger charge is -2.03. The summed E-state index contributed by atoms with van der Waals surface area (Å²) in [7, 11) is 0. The van der Waals surface area contributed by atoms with Crippen molar-refractivity contribution in [1.29, 1.82) is 10.5 Å². The fraction of sp³-hybridized carbons (Fsp3) is 0. The summed E-state index contributed by atoms with van der Waals surface area (Å²) in [5.74, 6) is -1.12. The van der Waals surface area contributed by atoms with E-state index in [0.717, 1.165) is 0 Å². The first kappa shape index (κ1) is 12.6. The largest absolute Gasteiger partial charge is 0.478 e. The normalized spacial score (nSPS) is 8.65. The second-order valence-electron chi connectivity index (χ2n) is 2.93. The first-order valence-corrected chi connectivity index (χ1v) is 4.76. The molecule has 84 valence electrons. The van der Waals surface area contributed by atoms with Gasteiger partial charge in [-0.2, -0.15) is 10.5 Å². The first-order valence-electron chi connectivity index (χ1n) is 4.38. The number of nitriles is 2. The number of halogens is 1. The maximum absolute atomic E-state index is 10.7. The zero-order chi connectivity index (χ0) is 12.8. The van der Waals surface area contributed by atoms with Crippen molar-refractivity contribution in [2.45, 2.75) is 0 Å². The Labute approximate surface area is 102 Å². The number of rotatable bonds is 3. The van der Waals surface area contributed by atoms with Gasteiger partial charge in [0.25, 0.3) is 0 Å². The third-order valence-electron chi connectivity index (χ3n) is 1.82. The standard InChI is InChI=1S/C11H6ClN3O2/c12-10-3-8(1-2-9(10)11(16)17)15-6-7(4-13)5-14/h1-3,6,15H,(H,16,17). The number of allylic oxidation sites excluding steroid dienone is 1. The van der Waals surface area contributed by atoms with Gasteiger partial charge in [0.1, 0.15) is 17.7 Å². The SMILES string of the molecule is N#CC(C#N)=CNc1ccc(C(=O)O)c(Cl)c1. The highest BCUT2D eigenvalue weighted by Crippen LogP contribution is 2.21. The second-order valence-corrected chi connectivity index (χ2v) is 3.33. The van der Waals surface area contributed by atoms with Gasteiger partial charge in [0.2, 0.25) is 0 Å². The van der Waals surface area contributed by atoms with Gasteiger partial charge in [0, 0.05) is 11.9 Å². The van der Waals surface area contributed by atoms with Gasteiger partial charge in [-0.1, -0.05) is 11.6 Å². The molecule has 0 aliphatic carbocycles. The van der Waals surface area contributed by atoms with Crippen LogP contribution in [0.2, 0.25) is 5.02 Å². The molecule has 0 aliphatic heterocycles. The molecule has 1 aromatic rings. The minimum absolute atomic E-state index is 0.0120. The Bertz CT molecular complexity index is 551. The molecule has 1 aromatic carbocycles. The Morgan fingerprint density at radius 3 is 2.53 bits per heavy atom. The van der Waals surface area contributed by atoms with E-state index in [1.807, 2.05) is 0 Å². The summed E-state index contributed by atoms with van der Waals surface area (Å²) in [6, 6.07) is 7.57. The van der Waals surface area contributed by atoms with E-state index in [1.54, 1.807) is 12.1 Å². The van der Waals surface area contributed by atoms with Gasteiger partial charge in [-0.05, 0) is 18.2 Å². The highest BCUT2D eigenvalue weighted by molar-refractivity contribution is 6.33. The molecule has 5 nitrogen and oxygen atoms in total. The van der Waals surface area contributed by atoms with Crippen molar-refractivity contribution in [3.05, 3.63) is 40.6 Å². The minimum atomic E-state index is -1.12.